The highest BCUT2D eigenvalue weighted by atomic mass is 16.5. The molecule has 3 nitrogen and oxygen atoms in total. The number of carbonyl (C=O) groups is 1. The fourth-order valence-corrected chi connectivity index (χ4v) is 1.62. The van der Waals surface area contributed by atoms with Gasteiger partial charge in [0, 0.05) is 5.69 Å². The van der Waals surface area contributed by atoms with E-state index >= 15 is 0 Å². The van der Waals surface area contributed by atoms with Crippen LogP contribution in [0.2, 0.25) is 0 Å². The van der Waals surface area contributed by atoms with E-state index < -0.39 is 5.41 Å². The molecule has 1 aliphatic heterocycles. The molecule has 2 atom stereocenters. The van der Waals surface area contributed by atoms with Crippen LogP contribution in [0.25, 0.3) is 0 Å². The average molecular weight is 217 g/mol. The summed E-state index contributed by atoms with van der Waals surface area (Å²) in [5, 5.41) is 2.88. The number of hydrogen-bond acceptors (Lipinski definition) is 2. The number of anilines is 1. The maximum Gasteiger partial charge on any atom is 0.238 e. The van der Waals surface area contributed by atoms with Gasteiger partial charge in [-0.1, -0.05) is 18.2 Å². The van der Waals surface area contributed by atoms with Crippen molar-refractivity contribution in [3.05, 3.63) is 42.7 Å². The number of carbonyl (C=O) groups excluding carboxylic acids is 1. The second-order valence-corrected chi connectivity index (χ2v) is 4.18. The Balaban J connectivity index is 2.12. The van der Waals surface area contributed by atoms with Gasteiger partial charge in [0.25, 0.3) is 0 Å². The summed E-state index contributed by atoms with van der Waals surface area (Å²) in [4.78, 5) is 12.1. The van der Waals surface area contributed by atoms with Crippen molar-refractivity contribution in [2.24, 2.45) is 5.41 Å². The molecule has 16 heavy (non-hydrogen) atoms. The maximum absolute atomic E-state index is 12.1. The van der Waals surface area contributed by atoms with Gasteiger partial charge >= 0.3 is 0 Å². The molecule has 0 saturated heterocycles. The number of para-hydroxylation sites is 1. The molecule has 0 saturated carbocycles. The van der Waals surface area contributed by atoms with Crippen LogP contribution in [0.5, 0.6) is 0 Å². The second-order valence-electron chi connectivity index (χ2n) is 4.18. The maximum atomic E-state index is 12.1. The first-order valence-electron chi connectivity index (χ1n) is 5.32. The monoisotopic (exact) mass is 217 g/mol. The molecule has 1 aromatic rings. The van der Waals surface area contributed by atoms with Gasteiger partial charge in [-0.2, -0.15) is 0 Å². The fraction of sp³-hybridized carbons (Fsp3) is 0.308. The van der Waals surface area contributed by atoms with Gasteiger partial charge in [0.2, 0.25) is 5.91 Å². The molecule has 2 unspecified atom stereocenters. The van der Waals surface area contributed by atoms with E-state index in [1.54, 1.807) is 12.3 Å². The van der Waals surface area contributed by atoms with E-state index in [1.165, 1.54) is 0 Å². The Kier molecular flexibility index (Phi) is 2.69. The zero-order chi connectivity index (χ0) is 11.6. The van der Waals surface area contributed by atoms with Crippen molar-refractivity contribution in [1.29, 1.82) is 0 Å². The van der Waals surface area contributed by atoms with E-state index in [2.05, 4.69) is 5.32 Å². The third kappa shape index (κ3) is 1.81. The lowest BCUT2D eigenvalue weighted by Gasteiger charge is -2.25. The van der Waals surface area contributed by atoms with Crippen molar-refractivity contribution >= 4 is 11.6 Å². The fourth-order valence-electron chi connectivity index (χ4n) is 1.62. The van der Waals surface area contributed by atoms with Crippen molar-refractivity contribution < 1.29 is 9.53 Å². The van der Waals surface area contributed by atoms with E-state index in [4.69, 9.17) is 4.74 Å². The predicted octanol–water partition coefficient (Wildman–Crippen LogP) is 2.56. The Morgan fingerprint density at radius 2 is 2.06 bits per heavy atom. The summed E-state index contributed by atoms with van der Waals surface area (Å²) < 4.78 is 5.29. The minimum atomic E-state index is -0.587. The highest BCUT2D eigenvalue weighted by Crippen LogP contribution is 2.32. The topological polar surface area (TPSA) is 38.3 Å². The molecule has 0 aliphatic carbocycles. The van der Waals surface area contributed by atoms with Gasteiger partial charge < -0.3 is 10.1 Å². The van der Waals surface area contributed by atoms with Gasteiger partial charge in [0.1, 0.15) is 11.5 Å². The van der Waals surface area contributed by atoms with Gasteiger partial charge in [-0.05, 0) is 32.1 Å². The molecule has 2 rings (SSSR count). The molecule has 0 fully saturated rings. The molecule has 0 bridgehead atoms. The molecule has 0 aromatic heterocycles. The smallest absolute Gasteiger partial charge is 0.238 e. The van der Waals surface area contributed by atoms with Crippen LogP contribution in [0, 0.1) is 5.41 Å². The molecule has 3 heteroatoms. The zero-order valence-electron chi connectivity index (χ0n) is 9.44. The van der Waals surface area contributed by atoms with Gasteiger partial charge in [0.15, 0.2) is 0 Å². The zero-order valence-corrected chi connectivity index (χ0v) is 9.44. The molecule has 0 spiro atoms. The number of rotatable bonds is 2. The van der Waals surface area contributed by atoms with Gasteiger partial charge in [0.05, 0.1) is 6.26 Å². The van der Waals surface area contributed by atoms with Crippen LogP contribution in [0.3, 0.4) is 0 Å². The standard InChI is InChI=1S/C13H15NO2/c1-10-13(2,8-9-16-10)12(15)14-11-6-4-3-5-7-11/h3-10H,1-2H3,(H,14,15). The Hall–Kier alpha value is -1.77. The van der Waals surface area contributed by atoms with E-state index in [0.29, 0.717) is 0 Å². The van der Waals surface area contributed by atoms with Gasteiger partial charge in [-0.15, -0.1) is 0 Å². The number of nitrogens with one attached hydrogen (secondary N) is 1. The number of ether oxygens (including phenoxy) is 1. The third-order valence-electron chi connectivity index (χ3n) is 3.06. The summed E-state index contributed by atoms with van der Waals surface area (Å²) in [6.45, 7) is 3.77. The predicted molar refractivity (Wildman–Crippen MR) is 62.9 cm³/mol. The van der Waals surface area contributed by atoms with Crippen LogP contribution in [-0.2, 0) is 9.53 Å². The first-order chi connectivity index (χ1) is 7.63. The number of amides is 1. The highest BCUT2D eigenvalue weighted by molar-refractivity contribution is 5.97. The summed E-state index contributed by atoms with van der Waals surface area (Å²) in [7, 11) is 0. The lowest BCUT2D eigenvalue weighted by atomic mass is 9.85. The molecule has 1 aliphatic rings. The Bertz CT molecular complexity index is 413. The van der Waals surface area contributed by atoms with E-state index in [1.807, 2.05) is 44.2 Å². The van der Waals surface area contributed by atoms with E-state index in [9.17, 15) is 4.79 Å². The Morgan fingerprint density at radius 3 is 2.62 bits per heavy atom. The summed E-state index contributed by atoms with van der Waals surface area (Å²) in [6.07, 6.45) is 3.27. The summed E-state index contributed by atoms with van der Waals surface area (Å²) in [5.41, 5.74) is 0.219. The van der Waals surface area contributed by atoms with Crippen LogP contribution >= 0.6 is 0 Å². The minimum Gasteiger partial charge on any atom is -0.497 e. The molecular weight excluding hydrogens is 202 g/mol. The SMILES string of the molecule is CC1OC=CC1(C)C(=O)Nc1ccccc1. The van der Waals surface area contributed by atoms with Crippen LogP contribution in [-0.4, -0.2) is 12.0 Å². The van der Waals surface area contributed by atoms with Crippen LogP contribution in [0.15, 0.2) is 42.7 Å². The Morgan fingerprint density at radius 1 is 1.38 bits per heavy atom. The van der Waals surface area contributed by atoms with E-state index in [-0.39, 0.29) is 12.0 Å². The summed E-state index contributed by atoms with van der Waals surface area (Å²) >= 11 is 0. The molecule has 1 N–H and O–H groups in total. The quantitative estimate of drug-likeness (QED) is 0.826. The van der Waals surface area contributed by atoms with Crippen LogP contribution in [0.1, 0.15) is 13.8 Å². The molecule has 1 heterocycles. The molecule has 1 aromatic carbocycles. The van der Waals surface area contributed by atoms with Crippen molar-refractivity contribution in [3.8, 4) is 0 Å². The van der Waals surface area contributed by atoms with E-state index in [0.717, 1.165) is 5.69 Å². The molecule has 0 radical (unpaired) electrons. The van der Waals surface area contributed by atoms with Gasteiger partial charge in [-0.25, -0.2) is 0 Å². The second kappa shape index (κ2) is 4.00. The molecule has 1 amide bonds. The van der Waals surface area contributed by atoms with Crippen molar-refractivity contribution in [2.75, 3.05) is 5.32 Å². The summed E-state index contributed by atoms with van der Waals surface area (Å²) in [6, 6.07) is 9.43. The first kappa shape index (κ1) is 10.7. The normalized spacial score (nSPS) is 27.5. The molecule has 84 valence electrons. The van der Waals surface area contributed by atoms with Gasteiger partial charge in [-0.3, -0.25) is 4.79 Å². The van der Waals surface area contributed by atoms with Crippen molar-refractivity contribution in [1.82, 2.24) is 0 Å². The minimum absolute atomic E-state index is 0.0417. The molecular formula is C13H15NO2. The largest absolute Gasteiger partial charge is 0.497 e. The summed E-state index contributed by atoms with van der Waals surface area (Å²) in [5.74, 6) is -0.0417. The average Bonchev–Trinajstić information content (AvgIpc) is 2.62. The van der Waals surface area contributed by atoms with Crippen molar-refractivity contribution in [3.63, 3.8) is 0 Å². The Labute approximate surface area is 95.1 Å². The lowest BCUT2D eigenvalue weighted by molar-refractivity contribution is -0.125. The van der Waals surface area contributed by atoms with Crippen LogP contribution < -0.4 is 5.32 Å². The van der Waals surface area contributed by atoms with Crippen LogP contribution in [0.4, 0.5) is 5.69 Å². The highest BCUT2D eigenvalue weighted by Gasteiger charge is 2.41. The lowest BCUT2D eigenvalue weighted by Crippen LogP contribution is -2.38. The van der Waals surface area contributed by atoms with Crippen molar-refractivity contribution in [2.45, 2.75) is 20.0 Å². The first-order valence-corrected chi connectivity index (χ1v) is 5.32. The number of hydrogen-bond donors (Lipinski definition) is 1. The third-order valence-corrected chi connectivity index (χ3v) is 3.06. The number of benzene rings is 1.